The topological polar surface area (TPSA) is 20.2 Å². The van der Waals surface area contributed by atoms with Crippen molar-refractivity contribution in [1.29, 1.82) is 0 Å². The molecule has 1 nitrogen and oxygen atoms in total. The van der Waals surface area contributed by atoms with Crippen LogP contribution in [-0.4, -0.2) is 5.11 Å². The molecule has 0 aromatic heterocycles. The van der Waals surface area contributed by atoms with Crippen molar-refractivity contribution in [3.05, 3.63) is 60.4 Å². The van der Waals surface area contributed by atoms with E-state index >= 15 is 0 Å². The standard InChI is InChI=1S/C22H36O/c1-3-5-6-7-8-9-10-11-12-13-14-15-16-17-18-19-20-22(4-2)21-23/h13-21,23H,3-12H2,1-2H3/b14-13+,16-15+,18-17+,20-19+,22-21+. The van der Waals surface area contributed by atoms with Crippen LogP contribution in [0, 0.1) is 0 Å². The Morgan fingerprint density at radius 1 is 0.696 bits per heavy atom. The van der Waals surface area contributed by atoms with Gasteiger partial charge in [0, 0.05) is 0 Å². The molecule has 0 aromatic carbocycles. The summed E-state index contributed by atoms with van der Waals surface area (Å²) in [4.78, 5) is 0. The minimum absolute atomic E-state index is 0.845. The average Bonchev–Trinajstić information content (AvgIpc) is 2.58. The lowest BCUT2D eigenvalue weighted by Crippen LogP contribution is -1.79. The lowest BCUT2D eigenvalue weighted by atomic mass is 10.1. The van der Waals surface area contributed by atoms with Gasteiger partial charge in [0.1, 0.15) is 0 Å². The molecule has 0 fully saturated rings. The number of hydrogen-bond acceptors (Lipinski definition) is 1. The van der Waals surface area contributed by atoms with E-state index in [2.05, 4.69) is 25.2 Å². The predicted octanol–water partition coefficient (Wildman–Crippen LogP) is 7.59. The molecule has 0 amide bonds. The first-order chi connectivity index (χ1) is 11.3. The van der Waals surface area contributed by atoms with Crippen LogP contribution in [0.1, 0.15) is 78.1 Å². The molecule has 0 aliphatic rings. The molecule has 0 bridgehead atoms. The molecule has 0 radical (unpaired) electrons. The van der Waals surface area contributed by atoms with Gasteiger partial charge in [-0.3, -0.25) is 0 Å². The molecule has 1 heteroatoms. The van der Waals surface area contributed by atoms with E-state index in [1.54, 1.807) is 0 Å². The lowest BCUT2D eigenvalue weighted by molar-refractivity contribution is 0.467. The Kier molecular flexibility index (Phi) is 17.3. The fourth-order valence-corrected chi connectivity index (χ4v) is 2.26. The van der Waals surface area contributed by atoms with Crippen LogP contribution >= 0.6 is 0 Å². The minimum Gasteiger partial charge on any atom is -0.515 e. The molecule has 1 N–H and O–H groups in total. The predicted molar refractivity (Wildman–Crippen MR) is 105 cm³/mol. The Balaban J connectivity index is 3.52. The zero-order valence-electron chi connectivity index (χ0n) is 15.2. The molecule has 0 aliphatic heterocycles. The Bertz CT molecular complexity index is 383. The number of hydrogen-bond donors (Lipinski definition) is 1. The van der Waals surface area contributed by atoms with Crippen LogP contribution in [0.25, 0.3) is 0 Å². The Morgan fingerprint density at radius 2 is 1.26 bits per heavy atom. The smallest absolute Gasteiger partial charge is 0.0823 e. The van der Waals surface area contributed by atoms with Gasteiger partial charge in [-0.15, -0.1) is 0 Å². The first-order valence-corrected chi connectivity index (χ1v) is 9.34. The summed E-state index contributed by atoms with van der Waals surface area (Å²) in [5, 5.41) is 8.89. The zero-order valence-corrected chi connectivity index (χ0v) is 15.2. The van der Waals surface area contributed by atoms with Gasteiger partial charge >= 0.3 is 0 Å². The van der Waals surface area contributed by atoms with Crippen LogP contribution in [-0.2, 0) is 0 Å². The normalized spacial score (nSPS) is 13.4. The van der Waals surface area contributed by atoms with Crippen LogP contribution < -0.4 is 0 Å². The van der Waals surface area contributed by atoms with E-state index in [4.69, 9.17) is 5.11 Å². The van der Waals surface area contributed by atoms with Crippen molar-refractivity contribution < 1.29 is 5.11 Å². The summed E-state index contributed by atoms with van der Waals surface area (Å²) in [5.74, 6) is 0. The third-order valence-electron chi connectivity index (χ3n) is 3.80. The van der Waals surface area contributed by atoms with E-state index in [-0.39, 0.29) is 0 Å². The van der Waals surface area contributed by atoms with Gasteiger partial charge in [-0.05, 0) is 24.8 Å². The first kappa shape index (κ1) is 21.5. The summed E-state index contributed by atoms with van der Waals surface area (Å²) in [6.07, 6.45) is 30.6. The van der Waals surface area contributed by atoms with Crippen molar-refractivity contribution in [3.63, 3.8) is 0 Å². The second-order valence-electron chi connectivity index (χ2n) is 5.88. The van der Waals surface area contributed by atoms with Crippen LogP contribution in [0.15, 0.2) is 60.4 Å². The number of unbranched alkanes of at least 4 members (excludes halogenated alkanes) is 8. The first-order valence-electron chi connectivity index (χ1n) is 9.34. The Labute approximate surface area is 144 Å². The fourth-order valence-electron chi connectivity index (χ4n) is 2.26. The summed E-state index contributed by atoms with van der Waals surface area (Å²) < 4.78 is 0. The van der Waals surface area contributed by atoms with Crippen molar-refractivity contribution >= 4 is 0 Å². The van der Waals surface area contributed by atoms with E-state index in [0.29, 0.717) is 0 Å². The van der Waals surface area contributed by atoms with Gasteiger partial charge in [-0.1, -0.05) is 107 Å². The van der Waals surface area contributed by atoms with Gasteiger partial charge in [0.15, 0.2) is 0 Å². The van der Waals surface area contributed by atoms with Gasteiger partial charge in [-0.25, -0.2) is 0 Å². The van der Waals surface area contributed by atoms with E-state index in [9.17, 15) is 0 Å². The Morgan fingerprint density at radius 3 is 1.87 bits per heavy atom. The van der Waals surface area contributed by atoms with Crippen molar-refractivity contribution in [2.24, 2.45) is 0 Å². The molecule has 0 aromatic rings. The summed E-state index contributed by atoms with van der Waals surface area (Å²) in [6.45, 7) is 4.29. The molecule has 0 unspecified atom stereocenters. The van der Waals surface area contributed by atoms with Crippen LogP contribution in [0.2, 0.25) is 0 Å². The minimum atomic E-state index is 0.845. The molecule has 0 aliphatic carbocycles. The summed E-state index contributed by atoms with van der Waals surface area (Å²) in [6, 6.07) is 0. The SMILES string of the molecule is CCCCCCCCCC/C=C/C=C/C=C/C=C/C(=C/O)CC. The second-order valence-corrected chi connectivity index (χ2v) is 5.88. The molecule has 0 rings (SSSR count). The third kappa shape index (κ3) is 16.7. The van der Waals surface area contributed by atoms with E-state index in [1.165, 1.54) is 57.8 Å². The highest BCUT2D eigenvalue weighted by molar-refractivity contribution is 5.22. The maximum Gasteiger partial charge on any atom is 0.0823 e. The van der Waals surface area contributed by atoms with Gasteiger partial charge in [0.2, 0.25) is 0 Å². The monoisotopic (exact) mass is 316 g/mol. The number of allylic oxidation sites excluding steroid dienone is 9. The van der Waals surface area contributed by atoms with Crippen molar-refractivity contribution in [3.8, 4) is 0 Å². The molecule has 0 saturated carbocycles. The number of rotatable bonds is 14. The zero-order chi connectivity index (χ0) is 17.0. The lowest BCUT2D eigenvalue weighted by Gasteiger charge is -1.99. The molecular weight excluding hydrogens is 280 g/mol. The number of aliphatic hydroxyl groups is 1. The number of aliphatic hydroxyl groups excluding tert-OH is 1. The highest BCUT2D eigenvalue weighted by Gasteiger charge is 1.89. The van der Waals surface area contributed by atoms with Gasteiger partial charge in [0.05, 0.1) is 6.26 Å². The largest absolute Gasteiger partial charge is 0.515 e. The van der Waals surface area contributed by atoms with Crippen molar-refractivity contribution in [2.45, 2.75) is 78.1 Å². The van der Waals surface area contributed by atoms with E-state index in [1.807, 2.05) is 37.3 Å². The van der Waals surface area contributed by atoms with Crippen LogP contribution in [0.3, 0.4) is 0 Å². The van der Waals surface area contributed by atoms with Gasteiger partial charge in [0.25, 0.3) is 0 Å². The molecule has 0 heterocycles. The van der Waals surface area contributed by atoms with Crippen LogP contribution in [0.4, 0.5) is 0 Å². The molecule has 0 saturated heterocycles. The van der Waals surface area contributed by atoms with Crippen molar-refractivity contribution in [1.82, 2.24) is 0 Å². The molecule has 130 valence electrons. The molecular formula is C22H36O. The van der Waals surface area contributed by atoms with E-state index in [0.717, 1.165) is 18.3 Å². The highest BCUT2D eigenvalue weighted by atomic mass is 16.2. The highest BCUT2D eigenvalue weighted by Crippen LogP contribution is 2.09. The molecule has 0 spiro atoms. The Hall–Kier alpha value is -1.50. The molecule has 0 atom stereocenters. The molecule has 23 heavy (non-hydrogen) atoms. The third-order valence-corrected chi connectivity index (χ3v) is 3.80. The fraction of sp³-hybridized carbons (Fsp3) is 0.545. The quantitative estimate of drug-likeness (QED) is 0.199. The van der Waals surface area contributed by atoms with Gasteiger partial charge < -0.3 is 5.11 Å². The van der Waals surface area contributed by atoms with Crippen molar-refractivity contribution in [2.75, 3.05) is 0 Å². The van der Waals surface area contributed by atoms with Gasteiger partial charge in [-0.2, -0.15) is 0 Å². The van der Waals surface area contributed by atoms with Crippen LogP contribution in [0.5, 0.6) is 0 Å². The summed E-state index contributed by atoms with van der Waals surface area (Å²) in [5.41, 5.74) is 0.934. The summed E-state index contributed by atoms with van der Waals surface area (Å²) in [7, 11) is 0. The second kappa shape index (κ2) is 18.5. The average molecular weight is 317 g/mol. The maximum atomic E-state index is 8.89. The van der Waals surface area contributed by atoms with E-state index < -0.39 is 0 Å². The summed E-state index contributed by atoms with van der Waals surface area (Å²) >= 11 is 0. The maximum absolute atomic E-state index is 8.89.